The van der Waals surface area contributed by atoms with E-state index in [1.165, 1.54) is 11.3 Å². The van der Waals surface area contributed by atoms with Crippen molar-refractivity contribution in [3.63, 3.8) is 0 Å². The summed E-state index contributed by atoms with van der Waals surface area (Å²) < 4.78 is 5.34. The highest BCUT2D eigenvalue weighted by atomic mass is 32.1. The van der Waals surface area contributed by atoms with Gasteiger partial charge in [-0.2, -0.15) is 5.26 Å². The number of hydrogen-bond acceptors (Lipinski definition) is 5. The van der Waals surface area contributed by atoms with Crippen LogP contribution in [0.5, 0.6) is 5.75 Å². The zero-order valence-electron chi connectivity index (χ0n) is 10.9. The predicted octanol–water partition coefficient (Wildman–Crippen LogP) is 2.76. The van der Waals surface area contributed by atoms with Gasteiger partial charge in [0.15, 0.2) is 5.13 Å². The van der Waals surface area contributed by atoms with E-state index >= 15 is 0 Å². The van der Waals surface area contributed by atoms with Gasteiger partial charge in [0.05, 0.1) is 24.4 Å². The number of benzene rings is 1. The van der Waals surface area contributed by atoms with Crippen molar-refractivity contribution in [2.24, 2.45) is 0 Å². The Kier molecular flexibility index (Phi) is 4.03. The summed E-state index contributed by atoms with van der Waals surface area (Å²) in [7, 11) is 1.61. The summed E-state index contributed by atoms with van der Waals surface area (Å²) in [6.45, 7) is 2.06. The van der Waals surface area contributed by atoms with Gasteiger partial charge in [-0.15, -0.1) is 11.3 Å². The van der Waals surface area contributed by atoms with Crippen molar-refractivity contribution in [2.75, 3.05) is 12.8 Å². The third-order valence-corrected chi connectivity index (χ3v) is 3.82. The highest BCUT2D eigenvalue weighted by molar-refractivity contribution is 7.15. The molecule has 5 heteroatoms. The summed E-state index contributed by atoms with van der Waals surface area (Å²) in [5.74, 6) is 0.730. The summed E-state index contributed by atoms with van der Waals surface area (Å²) in [6.07, 6.45) is 1.59. The predicted molar refractivity (Wildman–Crippen MR) is 76.4 cm³/mol. The molecular formula is C14H15N3OS. The van der Waals surface area contributed by atoms with Crippen LogP contribution in [0.4, 0.5) is 5.13 Å². The zero-order chi connectivity index (χ0) is 13.8. The highest BCUT2D eigenvalue weighted by Gasteiger charge is 2.12. The van der Waals surface area contributed by atoms with Crippen LogP contribution in [0.25, 0.3) is 0 Å². The van der Waals surface area contributed by atoms with Gasteiger partial charge in [0.2, 0.25) is 0 Å². The fraction of sp³-hybridized carbons (Fsp3) is 0.286. The van der Waals surface area contributed by atoms with E-state index in [1.54, 1.807) is 19.2 Å². The Morgan fingerprint density at radius 2 is 2.26 bits per heavy atom. The highest BCUT2D eigenvalue weighted by Crippen LogP contribution is 2.28. The number of nitriles is 1. The van der Waals surface area contributed by atoms with E-state index in [9.17, 15) is 0 Å². The lowest BCUT2D eigenvalue weighted by atomic mass is 10.1. The molecule has 2 aromatic rings. The maximum absolute atomic E-state index is 8.89. The van der Waals surface area contributed by atoms with Crippen LogP contribution in [0.2, 0.25) is 0 Å². The van der Waals surface area contributed by atoms with Gasteiger partial charge in [-0.05, 0) is 24.1 Å². The Labute approximate surface area is 116 Å². The van der Waals surface area contributed by atoms with Gasteiger partial charge in [0.1, 0.15) is 5.75 Å². The lowest BCUT2D eigenvalue weighted by molar-refractivity contribution is 0.410. The van der Waals surface area contributed by atoms with Gasteiger partial charge < -0.3 is 10.5 Å². The maximum Gasteiger partial charge on any atom is 0.180 e. The monoisotopic (exact) mass is 273 g/mol. The maximum atomic E-state index is 8.89. The number of nitrogens with zero attached hydrogens (tertiary/aromatic N) is 2. The van der Waals surface area contributed by atoms with Gasteiger partial charge in [0.25, 0.3) is 0 Å². The molecule has 2 rings (SSSR count). The number of rotatable bonds is 4. The first-order valence-corrected chi connectivity index (χ1v) is 6.80. The number of anilines is 1. The third kappa shape index (κ3) is 2.85. The normalized spacial score (nSPS) is 10.2. The molecule has 98 valence electrons. The molecule has 1 aromatic carbocycles. The number of ether oxygens (including phenoxy) is 1. The Hall–Kier alpha value is -2.06. The Bertz CT molecular complexity index is 628. The molecule has 0 saturated heterocycles. The lowest BCUT2D eigenvalue weighted by Crippen LogP contribution is -1.96. The van der Waals surface area contributed by atoms with E-state index in [0.29, 0.717) is 10.7 Å². The van der Waals surface area contributed by atoms with Crippen LogP contribution in [-0.4, -0.2) is 12.1 Å². The fourth-order valence-electron chi connectivity index (χ4n) is 1.95. The molecule has 0 saturated carbocycles. The van der Waals surface area contributed by atoms with Gasteiger partial charge in [-0.25, -0.2) is 4.98 Å². The molecule has 4 nitrogen and oxygen atoms in total. The van der Waals surface area contributed by atoms with Crippen LogP contribution in [0.15, 0.2) is 18.2 Å². The Morgan fingerprint density at radius 3 is 2.89 bits per heavy atom. The number of nitrogens with two attached hydrogens (primary N) is 1. The van der Waals surface area contributed by atoms with Gasteiger partial charge >= 0.3 is 0 Å². The Morgan fingerprint density at radius 1 is 1.47 bits per heavy atom. The van der Waals surface area contributed by atoms with E-state index in [4.69, 9.17) is 15.7 Å². The van der Waals surface area contributed by atoms with Crippen molar-refractivity contribution in [1.29, 1.82) is 5.26 Å². The van der Waals surface area contributed by atoms with Crippen molar-refractivity contribution < 1.29 is 4.74 Å². The van der Waals surface area contributed by atoms with Crippen molar-refractivity contribution in [1.82, 2.24) is 4.98 Å². The number of methoxy groups -OCH3 is 1. The molecule has 0 aliphatic rings. The van der Waals surface area contributed by atoms with Crippen LogP contribution in [0.1, 0.15) is 28.6 Å². The first kappa shape index (κ1) is 13.4. The first-order valence-electron chi connectivity index (χ1n) is 5.99. The standard InChI is InChI=1S/C14H15N3OS/c1-3-11-13(19-14(16)17-11)7-10-5-4-9(8-15)6-12(10)18-2/h4-6H,3,7H2,1-2H3,(H2,16,17). The smallest absolute Gasteiger partial charge is 0.180 e. The van der Waals surface area contributed by atoms with Crippen molar-refractivity contribution in [2.45, 2.75) is 19.8 Å². The molecule has 0 spiro atoms. The van der Waals surface area contributed by atoms with Crippen LogP contribution >= 0.6 is 11.3 Å². The lowest BCUT2D eigenvalue weighted by Gasteiger charge is -2.08. The van der Waals surface area contributed by atoms with E-state index < -0.39 is 0 Å². The second-order valence-electron chi connectivity index (χ2n) is 4.09. The number of aryl methyl sites for hydroxylation is 1. The van der Waals surface area contributed by atoms with Crippen LogP contribution < -0.4 is 10.5 Å². The molecule has 0 bridgehead atoms. The molecule has 0 radical (unpaired) electrons. The Balaban J connectivity index is 2.35. The second-order valence-corrected chi connectivity index (χ2v) is 5.21. The molecule has 0 amide bonds. The molecular weight excluding hydrogens is 258 g/mol. The topological polar surface area (TPSA) is 71.9 Å². The van der Waals surface area contributed by atoms with Gasteiger partial charge in [0, 0.05) is 11.3 Å². The minimum absolute atomic E-state index is 0.597. The largest absolute Gasteiger partial charge is 0.496 e. The molecule has 0 unspecified atom stereocenters. The number of thiazole rings is 1. The first-order chi connectivity index (χ1) is 9.17. The van der Waals surface area contributed by atoms with Crippen molar-refractivity contribution >= 4 is 16.5 Å². The van der Waals surface area contributed by atoms with E-state index in [2.05, 4.69) is 18.0 Å². The van der Waals surface area contributed by atoms with Crippen LogP contribution in [0.3, 0.4) is 0 Å². The summed E-state index contributed by atoms with van der Waals surface area (Å²) in [4.78, 5) is 5.47. The van der Waals surface area contributed by atoms with Gasteiger partial charge in [-0.3, -0.25) is 0 Å². The minimum atomic E-state index is 0.597. The number of hydrogen-bond donors (Lipinski definition) is 1. The third-order valence-electron chi connectivity index (χ3n) is 2.90. The SMILES string of the molecule is CCc1nc(N)sc1Cc1ccc(C#N)cc1OC. The molecule has 19 heavy (non-hydrogen) atoms. The molecule has 0 fully saturated rings. The summed E-state index contributed by atoms with van der Waals surface area (Å²) >= 11 is 1.51. The summed E-state index contributed by atoms with van der Waals surface area (Å²) in [6, 6.07) is 7.59. The van der Waals surface area contributed by atoms with E-state index in [-0.39, 0.29) is 0 Å². The zero-order valence-corrected chi connectivity index (χ0v) is 11.8. The quantitative estimate of drug-likeness (QED) is 0.929. The average Bonchev–Trinajstić information content (AvgIpc) is 2.79. The average molecular weight is 273 g/mol. The molecule has 1 aromatic heterocycles. The van der Waals surface area contributed by atoms with Crippen molar-refractivity contribution in [3.05, 3.63) is 39.9 Å². The number of aromatic nitrogens is 1. The van der Waals surface area contributed by atoms with E-state index in [0.717, 1.165) is 34.7 Å². The number of nitrogen functional groups attached to an aromatic ring is 1. The van der Waals surface area contributed by atoms with Crippen molar-refractivity contribution in [3.8, 4) is 11.8 Å². The minimum Gasteiger partial charge on any atom is -0.496 e. The summed E-state index contributed by atoms with van der Waals surface area (Å²) in [5.41, 5.74) is 8.43. The molecule has 0 atom stereocenters. The fourth-order valence-corrected chi connectivity index (χ4v) is 2.89. The van der Waals surface area contributed by atoms with Crippen LogP contribution in [-0.2, 0) is 12.8 Å². The van der Waals surface area contributed by atoms with Gasteiger partial charge in [-0.1, -0.05) is 13.0 Å². The summed E-state index contributed by atoms with van der Waals surface area (Å²) in [5, 5.41) is 9.49. The van der Waals surface area contributed by atoms with Crippen LogP contribution in [0, 0.1) is 11.3 Å². The molecule has 1 heterocycles. The van der Waals surface area contributed by atoms with E-state index in [1.807, 2.05) is 6.07 Å². The second kappa shape index (κ2) is 5.72. The molecule has 2 N–H and O–H groups in total. The molecule has 0 aliphatic heterocycles. The molecule has 0 aliphatic carbocycles.